The summed E-state index contributed by atoms with van der Waals surface area (Å²) in [6, 6.07) is 15.9. The van der Waals surface area contributed by atoms with Crippen LogP contribution in [0.4, 0.5) is 11.4 Å². The summed E-state index contributed by atoms with van der Waals surface area (Å²) in [4.78, 5) is 22.3. The molecular formula is C19H16N4O3. The Kier molecular flexibility index (Phi) is 5.19. The smallest absolute Gasteiger partial charge is 0.270 e. The van der Waals surface area contributed by atoms with E-state index < -0.39 is 4.92 Å². The summed E-state index contributed by atoms with van der Waals surface area (Å²) in [6.07, 6.45) is 6.17. The Morgan fingerprint density at radius 2 is 2.00 bits per heavy atom. The molecule has 0 saturated carbocycles. The van der Waals surface area contributed by atoms with Crippen LogP contribution in [-0.2, 0) is 11.3 Å². The SMILES string of the molecule is O=C(/C=C/c1cccc([N+](=O)[O-])c1)Nc1cnn(Cc2ccccc2)c1. The van der Waals surface area contributed by atoms with Gasteiger partial charge in [0.1, 0.15) is 0 Å². The van der Waals surface area contributed by atoms with Crippen LogP contribution in [0.5, 0.6) is 0 Å². The number of nitrogens with one attached hydrogen (secondary N) is 1. The molecule has 3 aromatic rings. The van der Waals surface area contributed by atoms with Crippen molar-refractivity contribution in [3.8, 4) is 0 Å². The lowest BCUT2D eigenvalue weighted by molar-refractivity contribution is -0.384. The monoisotopic (exact) mass is 348 g/mol. The molecule has 7 heteroatoms. The minimum atomic E-state index is -0.474. The normalized spacial score (nSPS) is 10.8. The van der Waals surface area contributed by atoms with E-state index in [1.807, 2.05) is 30.3 Å². The molecule has 1 heterocycles. The summed E-state index contributed by atoms with van der Waals surface area (Å²) in [7, 11) is 0. The molecule has 0 spiro atoms. The van der Waals surface area contributed by atoms with Crippen LogP contribution in [-0.4, -0.2) is 20.6 Å². The van der Waals surface area contributed by atoms with Crippen LogP contribution < -0.4 is 5.32 Å². The molecule has 1 amide bonds. The zero-order chi connectivity index (χ0) is 18.4. The number of hydrogen-bond acceptors (Lipinski definition) is 4. The third kappa shape index (κ3) is 4.64. The van der Waals surface area contributed by atoms with Crippen molar-refractivity contribution in [3.05, 3.63) is 94.3 Å². The van der Waals surface area contributed by atoms with E-state index in [9.17, 15) is 14.9 Å². The van der Waals surface area contributed by atoms with E-state index >= 15 is 0 Å². The summed E-state index contributed by atoms with van der Waals surface area (Å²) < 4.78 is 1.73. The molecule has 7 nitrogen and oxygen atoms in total. The van der Waals surface area contributed by atoms with Crippen LogP contribution in [0.15, 0.2) is 73.1 Å². The molecule has 0 fully saturated rings. The molecule has 0 bridgehead atoms. The maximum atomic E-state index is 12.0. The number of nitro benzene ring substituents is 1. The number of amides is 1. The lowest BCUT2D eigenvalue weighted by atomic mass is 10.2. The molecule has 1 aromatic heterocycles. The van der Waals surface area contributed by atoms with Crippen molar-refractivity contribution >= 4 is 23.4 Å². The zero-order valence-electron chi connectivity index (χ0n) is 13.8. The van der Waals surface area contributed by atoms with Gasteiger partial charge in [-0.3, -0.25) is 19.6 Å². The van der Waals surface area contributed by atoms with E-state index in [-0.39, 0.29) is 11.6 Å². The standard InChI is InChI=1S/C19H16N4O3/c24-19(10-9-15-7-4-8-18(11-15)23(25)26)21-17-12-20-22(14-17)13-16-5-2-1-3-6-16/h1-12,14H,13H2,(H,21,24)/b10-9+. The second kappa shape index (κ2) is 7.89. The third-order valence-corrected chi connectivity index (χ3v) is 3.60. The highest BCUT2D eigenvalue weighted by Gasteiger charge is 2.05. The second-order valence-corrected chi connectivity index (χ2v) is 5.59. The molecule has 0 saturated heterocycles. The van der Waals surface area contributed by atoms with E-state index in [2.05, 4.69) is 10.4 Å². The van der Waals surface area contributed by atoms with Crippen molar-refractivity contribution in [2.75, 3.05) is 5.32 Å². The highest BCUT2D eigenvalue weighted by Crippen LogP contribution is 2.14. The van der Waals surface area contributed by atoms with E-state index in [0.717, 1.165) is 5.56 Å². The minimum absolute atomic E-state index is 0.0188. The first kappa shape index (κ1) is 17.1. The van der Waals surface area contributed by atoms with Crippen LogP contribution >= 0.6 is 0 Å². The molecule has 0 unspecified atom stereocenters. The van der Waals surface area contributed by atoms with Crippen molar-refractivity contribution < 1.29 is 9.72 Å². The first-order valence-corrected chi connectivity index (χ1v) is 7.90. The number of nitro groups is 1. The number of non-ortho nitro benzene ring substituents is 1. The Balaban J connectivity index is 1.60. The maximum absolute atomic E-state index is 12.0. The van der Waals surface area contributed by atoms with Crippen LogP contribution in [0.25, 0.3) is 6.08 Å². The number of aromatic nitrogens is 2. The number of hydrogen-bond donors (Lipinski definition) is 1. The molecule has 2 aromatic carbocycles. The van der Waals surface area contributed by atoms with Crippen molar-refractivity contribution in [2.45, 2.75) is 6.54 Å². The number of carbonyl (C=O) groups is 1. The average Bonchev–Trinajstić information content (AvgIpc) is 3.08. The van der Waals surface area contributed by atoms with Gasteiger partial charge in [-0.1, -0.05) is 42.5 Å². The van der Waals surface area contributed by atoms with Crippen LogP contribution in [0.3, 0.4) is 0 Å². The molecular weight excluding hydrogens is 332 g/mol. The van der Waals surface area contributed by atoms with Crippen molar-refractivity contribution in [1.29, 1.82) is 0 Å². The highest BCUT2D eigenvalue weighted by atomic mass is 16.6. The Hall–Kier alpha value is -3.74. The second-order valence-electron chi connectivity index (χ2n) is 5.59. The quantitative estimate of drug-likeness (QED) is 0.419. The predicted octanol–water partition coefficient (Wildman–Crippen LogP) is 3.49. The molecule has 0 aliphatic heterocycles. The molecule has 3 rings (SSSR count). The summed E-state index contributed by atoms with van der Waals surface area (Å²) in [5.74, 6) is -0.337. The fraction of sp³-hybridized carbons (Fsp3) is 0.0526. The number of rotatable bonds is 6. The number of anilines is 1. The van der Waals surface area contributed by atoms with Gasteiger partial charge in [0.2, 0.25) is 5.91 Å². The Morgan fingerprint density at radius 3 is 2.77 bits per heavy atom. The molecule has 130 valence electrons. The maximum Gasteiger partial charge on any atom is 0.270 e. The fourth-order valence-corrected chi connectivity index (χ4v) is 2.38. The van der Waals surface area contributed by atoms with Crippen LogP contribution in [0.1, 0.15) is 11.1 Å². The lowest BCUT2D eigenvalue weighted by Gasteiger charge is -2.01. The van der Waals surface area contributed by atoms with Crippen molar-refractivity contribution in [2.24, 2.45) is 0 Å². The third-order valence-electron chi connectivity index (χ3n) is 3.60. The van der Waals surface area contributed by atoms with E-state index in [0.29, 0.717) is 17.8 Å². The number of carbonyl (C=O) groups excluding carboxylic acids is 1. The predicted molar refractivity (Wildman–Crippen MR) is 98.5 cm³/mol. The van der Waals surface area contributed by atoms with Gasteiger partial charge in [-0.05, 0) is 17.2 Å². The molecule has 0 radical (unpaired) electrons. The average molecular weight is 348 g/mol. The Bertz CT molecular complexity index is 948. The minimum Gasteiger partial charge on any atom is -0.320 e. The summed E-state index contributed by atoms with van der Waals surface area (Å²) in [5, 5.41) is 17.7. The van der Waals surface area contributed by atoms with Gasteiger partial charge in [0.15, 0.2) is 0 Å². The van der Waals surface area contributed by atoms with Gasteiger partial charge in [0, 0.05) is 24.4 Å². The van der Waals surface area contributed by atoms with Gasteiger partial charge in [-0.2, -0.15) is 5.10 Å². The van der Waals surface area contributed by atoms with E-state index in [4.69, 9.17) is 0 Å². The number of nitrogens with zero attached hydrogens (tertiary/aromatic N) is 3. The van der Waals surface area contributed by atoms with Gasteiger partial charge in [-0.15, -0.1) is 0 Å². The topological polar surface area (TPSA) is 90.1 Å². The Morgan fingerprint density at radius 1 is 1.19 bits per heavy atom. The van der Waals surface area contributed by atoms with E-state index in [1.54, 1.807) is 29.2 Å². The molecule has 26 heavy (non-hydrogen) atoms. The van der Waals surface area contributed by atoms with Crippen LogP contribution in [0.2, 0.25) is 0 Å². The summed E-state index contributed by atoms with van der Waals surface area (Å²) >= 11 is 0. The number of benzene rings is 2. The molecule has 0 aliphatic carbocycles. The van der Waals surface area contributed by atoms with Crippen molar-refractivity contribution in [1.82, 2.24) is 9.78 Å². The molecule has 0 atom stereocenters. The summed E-state index contributed by atoms with van der Waals surface area (Å²) in [5.41, 5.74) is 2.25. The zero-order valence-corrected chi connectivity index (χ0v) is 13.8. The Labute approximate surface area is 149 Å². The van der Waals surface area contributed by atoms with Gasteiger partial charge in [-0.25, -0.2) is 0 Å². The molecule has 0 aliphatic rings. The van der Waals surface area contributed by atoms with Crippen LogP contribution in [0, 0.1) is 10.1 Å². The van der Waals surface area contributed by atoms with Crippen molar-refractivity contribution in [3.63, 3.8) is 0 Å². The first-order chi connectivity index (χ1) is 12.6. The molecule has 1 N–H and O–H groups in total. The van der Waals surface area contributed by atoms with Gasteiger partial charge in [0.25, 0.3) is 5.69 Å². The van der Waals surface area contributed by atoms with E-state index in [1.165, 1.54) is 24.3 Å². The summed E-state index contributed by atoms with van der Waals surface area (Å²) in [6.45, 7) is 0.611. The fourth-order valence-electron chi connectivity index (χ4n) is 2.38. The van der Waals surface area contributed by atoms with Gasteiger partial charge < -0.3 is 5.32 Å². The largest absolute Gasteiger partial charge is 0.320 e. The first-order valence-electron chi connectivity index (χ1n) is 7.90. The highest BCUT2D eigenvalue weighted by molar-refractivity contribution is 6.01. The van der Waals surface area contributed by atoms with Gasteiger partial charge >= 0.3 is 0 Å². The van der Waals surface area contributed by atoms with Gasteiger partial charge in [0.05, 0.1) is 23.4 Å². The lowest BCUT2D eigenvalue weighted by Crippen LogP contribution is -2.07.